The lowest BCUT2D eigenvalue weighted by molar-refractivity contribution is 1.32. The van der Waals surface area contributed by atoms with Gasteiger partial charge in [-0.2, -0.15) is 0 Å². The van der Waals surface area contributed by atoms with Gasteiger partial charge >= 0.3 is 0 Å². The largest absolute Gasteiger partial charge is 0.264 e. The number of pyridine rings is 2. The van der Waals surface area contributed by atoms with Gasteiger partial charge in [0.1, 0.15) is 0 Å². The van der Waals surface area contributed by atoms with E-state index in [2.05, 4.69) is 41.2 Å². The summed E-state index contributed by atoms with van der Waals surface area (Å²) >= 11 is 0. The highest BCUT2D eigenvalue weighted by Gasteiger charge is 2.04. The summed E-state index contributed by atoms with van der Waals surface area (Å²) in [7, 11) is 0. The Hall–Kier alpha value is -2.22. The SMILES string of the molecule is Cc1cc(-c2cccnc2)c2ccncc2c1. The molecule has 0 saturated heterocycles. The van der Waals surface area contributed by atoms with Crippen LogP contribution in [0.2, 0.25) is 0 Å². The lowest BCUT2D eigenvalue weighted by Crippen LogP contribution is -1.85. The van der Waals surface area contributed by atoms with Crippen molar-refractivity contribution in [3.05, 3.63) is 60.7 Å². The number of benzene rings is 1. The fraction of sp³-hybridized carbons (Fsp3) is 0.0667. The van der Waals surface area contributed by atoms with Crippen molar-refractivity contribution in [3.63, 3.8) is 0 Å². The van der Waals surface area contributed by atoms with Crippen molar-refractivity contribution in [2.24, 2.45) is 0 Å². The molecule has 2 heterocycles. The Morgan fingerprint density at radius 2 is 1.82 bits per heavy atom. The van der Waals surface area contributed by atoms with Crippen molar-refractivity contribution in [2.75, 3.05) is 0 Å². The molecular formula is C15H12N2. The Bertz CT molecular complexity index is 660. The third kappa shape index (κ3) is 1.78. The second-order valence-corrected chi connectivity index (χ2v) is 4.15. The predicted octanol–water partition coefficient (Wildman–Crippen LogP) is 3.61. The molecule has 0 N–H and O–H groups in total. The van der Waals surface area contributed by atoms with Crippen molar-refractivity contribution in [3.8, 4) is 11.1 Å². The Kier molecular flexibility index (Phi) is 2.33. The van der Waals surface area contributed by atoms with Crippen LogP contribution in [0.4, 0.5) is 0 Å². The third-order valence-corrected chi connectivity index (χ3v) is 2.87. The summed E-state index contributed by atoms with van der Waals surface area (Å²) in [6, 6.07) is 10.4. The third-order valence-electron chi connectivity index (χ3n) is 2.87. The van der Waals surface area contributed by atoms with Gasteiger partial charge in [-0.05, 0) is 41.6 Å². The molecule has 0 radical (unpaired) electrons. The molecule has 2 heteroatoms. The van der Waals surface area contributed by atoms with E-state index in [1.807, 2.05) is 24.7 Å². The summed E-state index contributed by atoms with van der Waals surface area (Å²) in [4.78, 5) is 8.36. The number of aryl methyl sites for hydroxylation is 1. The minimum absolute atomic E-state index is 1.15. The molecule has 0 aliphatic heterocycles. The van der Waals surface area contributed by atoms with Gasteiger partial charge in [-0.1, -0.05) is 12.1 Å². The second-order valence-electron chi connectivity index (χ2n) is 4.15. The molecule has 0 unspecified atom stereocenters. The molecule has 0 aliphatic carbocycles. The number of nitrogens with zero attached hydrogens (tertiary/aromatic N) is 2. The van der Waals surface area contributed by atoms with E-state index in [4.69, 9.17) is 0 Å². The van der Waals surface area contributed by atoms with Gasteiger partial charge in [0.25, 0.3) is 0 Å². The van der Waals surface area contributed by atoms with Crippen molar-refractivity contribution in [1.82, 2.24) is 9.97 Å². The van der Waals surface area contributed by atoms with Crippen LogP contribution in [-0.2, 0) is 0 Å². The van der Waals surface area contributed by atoms with Gasteiger partial charge in [0.15, 0.2) is 0 Å². The molecule has 0 spiro atoms. The summed E-state index contributed by atoms with van der Waals surface area (Å²) in [5.41, 5.74) is 3.60. The number of hydrogen-bond acceptors (Lipinski definition) is 2. The monoisotopic (exact) mass is 220 g/mol. The molecule has 0 atom stereocenters. The first-order valence-corrected chi connectivity index (χ1v) is 5.59. The molecule has 3 rings (SSSR count). The lowest BCUT2D eigenvalue weighted by atomic mass is 9.98. The van der Waals surface area contributed by atoms with E-state index in [1.165, 1.54) is 21.9 Å². The molecule has 3 aromatic rings. The van der Waals surface area contributed by atoms with E-state index in [0.29, 0.717) is 0 Å². The van der Waals surface area contributed by atoms with Gasteiger partial charge in [0.05, 0.1) is 0 Å². The zero-order chi connectivity index (χ0) is 11.7. The van der Waals surface area contributed by atoms with E-state index in [0.717, 1.165) is 5.56 Å². The van der Waals surface area contributed by atoms with Gasteiger partial charge in [-0.3, -0.25) is 9.97 Å². The normalized spacial score (nSPS) is 10.6. The molecular weight excluding hydrogens is 208 g/mol. The van der Waals surface area contributed by atoms with Crippen LogP contribution in [0.1, 0.15) is 5.56 Å². The molecule has 2 aromatic heterocycles. The van der Waals surface area contributed by atoms with Crippen molar-refractivity contribution in [2.45, 2.75) is 6.92 Å². The van der Waals surface area contributed by atoms with Crippen LogP contribution in [0.5, 0.6) is 0 Å². The van der Waals surface area contributed by atoms with E-state index in [9.17, 15) is 0 Å². The predicted molar refractivity (Wildman–Crippen MR) is 69.7 cm³/mol. The molecule has 0 saturated carbocycles. The first-order chi connectivity index (χ1) is 8.34. The van der Waals surface area contributed by atoms with Crippen LogP contribution in [0, 0.1) is 6.92 Å². The van der Waals surface area contributed by atoms with Crippen molar-refractivity contribution in [1.29, 1.82) is 0 Å². The minimum Gasteiger partial charge on any atom is -0.264 e. The van der Waals surface area contributed by atoms with Crippen LogP contribution < -0.4 is 0 Å². The van der Waals surface area contributed by atoms with Gasteiger partial charge in [-0.25, -0.2) is 0 Å². The fourth-order valence-corrected chi connectivity index (χ4v) is 2.12. The van der Waals surface area contributed by atoms with Crippen LogP contribution in [0.25, 0.3) is 21.9 Å². The number of fused-ring (bicyclic) bond motifs is 1. The number of rotatable bonds is 1. The summed E-state index contributed by atoms with van der Waals surface area (Å²) in [6.45, 7) is 2.10. The van der Waals surface area contributed by atoms with Crippen LogP contribution in [0.15, 0.2) is 55.1 Å². The Morgan fingerprint density at radius 3 is 2.65 bits per heavy atom. The van der Waals surface area contributed by atoms with Crippen LogP contribution >= 0.6 is 0 Å². The molecule has 0 fully saturated rings. The maximum absolute atomic E-state index is 4.18. The van der Waals surface area contributed by atoms with Gasteiger partial charge in [-0.15, -0.1) is 0 Å². The van der Waals surface area contributed by atoms with Crippen LogP contribution in [0.3, 0.4) is 0 Å². The minimum atomic E-state index is 1.15. The topological polar surface area (TPSA) is 25.8 Å². The average Bonchev–Trinajstić information content (AvgIpc) is 2.39. The van der Waals surface area contributed by atoms with E-state index >= 15 is 0 Å². The van der Waals surface area contributed by atoms with Crippen LogP contribution in [-0.4, -0.2) is 9.97 Å². The molecule has 82 valence electrons. The number of aromatic nitrogens is 2. The van der Waals surface area contributed by atoms with Crippen molar-refractivity contribution >= 4 is 10.8 Å². The maximum atomic E-state index is 4.18. The zero-order valence-electron chi connectivity index (χ0n) is 9.59. The lowest BCUT2D eigenvalue weighted by Gasteiger charge is -2.07. The van der Waals surface area contributed by atoms with Gasteiger partial charge in [0, 0.05) is 35.7 Å². The average molecular weight is 220 g/mol. The second kappa shape index (κ2) is 3.98. The van der Waals surface area contributed by atoms with Crippen molar-refractivity contribution < 1.29 is 0 Å². The maximum Gasteiger partial charge on any atom is 0.0346 e. The first-order valence-electron chi connectivity index (χ1n) is 5.59. The Morgan fingerprint density at radius 1 is 0.941 bits per heavy atom. The summed E-state index contributed by atoms with van der Waals surface area (Å²) in [5, 5.41) is 2.39. The zero-order valence-corrected chi connectivity index (χ0v) is 9.59. The van der Waals surface area contributed by atoms with E-state index < -0.39 is 0 Å². The molecule has 0 bridgehead atoms. The van der Waals surface area contributed by atoms with E-state index in [-0.39, 0.29) is 0 Å². The molecule has 1 aromatic carbocycles. The van der Waals surface area contributed by atoms with Gasteiger partial charge in [0.2, 0.25) is 0 Å². The highest BCUT2D eigenvalue weighted by molar-refractivity contribution is 5.96. The molecule has 17 heavy (non-hydrogen) atoms. The summed E-state index contributed by atoms with van der Waals surface area (Å²) < 4.78 is 0. The summed E-state index contributed by atoms with van der Waals surface area (Å²) in [6.07, 6.45) is 7.43. The molecule has 2 nitrogen and oxygen atoms in total. The summed E-state index contributed by atoms with van der Waals surface area (Å²) in [5.74, 6) is 0. The molecule has 0 amide bonds. The Labute approximate surface area is 100.0 Å². The fourth-order valence-electron chi connectivity index (χ4n) is 2.12. The quantitative estimate of drug-likeness (QED) is 0.626. The highest BCUT2D eigenvalue weighted by atomic mass is 14.6. The molecule has 0 aliphatic rings. The van der Waals surface area contributed by atoms with Gasteiger partial charge < -0.3 is 0 Å². The standard InChI is InChI=1S/C15H12N2/c1-11-7-13-10-17-6-4-14(13)15(8-11)12-3-2-5-16-9-12/h2-10H,1H3. The Balaban J connectivity index is 2.36. The first kappa shape index (κ1) is 9.97. The van der Waals surface area contributed by atoms with E-state index in [1.54, 1.807) is 6.20 Å². The number of hydrogen-bond donors (Lipinski definition) is 0. The smallest absolute Gasteiger partial charge is 0.0346 e. The highest BCUT2D eigenvalue weighted by Crippen LogP contribution is 2.28.